The number of ether oxygens (including phenoxy) is 2. The summed E-state index contributed by atoms with van der Waals surface area (Å²) in [6.45, 7) is 1.38. The second-order valence-electron chi connectivity index (χ2n) is 6.39. The lowest BCUT2D eigenvalue weighted by Gasteiger charge is -2.48. The molecule has 3 N–H and O–H groups in total. The Balaban J connectivity index is 2.21. The highest BCUT2D eigenvalue weighted by Crippen LogP contribution is 2.56. The van der Waals surface area contributed by atoms with Crippen molar-refractivity contribution in [2.24, 2.45) is 0 Å². The van der Waals surface area contributed by atoms with Crippen LogP contribution in [0.4, 0.5) is 0 Å². The summed E-state index contributed by atoms with van der Waals surface area (Å²) < 4.78 is 10.2. The van der Waals surface area contributed by atoms with Crippen molar-refractivity contribution in [3.8, 4) is 5.75 Å². The Bertz CT molecular complexity index is 772. The normalized spacial score (nSPS) is 33.5. The van der Waals surface area contributed by atoms with Crippen LogP contribution in [0, 0.1) is 0 Å². The first-order valence-corrected chi connectivity index (χ1v) is 7.75. The number of phenolic OH excluding ortho intramolecular Hbond substituents is 1. The standard InChI is InChI=1S/C17H18O8/c1-8-17(23)14(20)13-10(4-3-5-11(13)18)16(17,15(21)22)7-9(25-8)6-12(19)24-2/h3-5,8-9,18,23H,6-7H2,1-2H3,(H,21,22)/t8-,9+,16?,17?/m1/s1. The van der Waals surface area contributed by atoms with Gasteiger partial charge in [0.25, 0.3) is 0 Å². The number of carboxylic acid groups (broad SMARTS) is 1. The molecule has 4 atom stereocenters. The summed E-state index contributed by atoms with van der Waals surface area (Å²) in [6, 6.07) is 4.06. The number of aromatic hydroxyl groups is 1. The number of hydrogen-bond acceptors (Lipinski definition) is 7. The first-order valence-electron chi connectivity index (χ1n) is 7.75. The van der Waals surface area contributed by atoms with Crippen LogP contribution in [0.15, 0.2) is 18.2 Å². The molecule has 1 fully saturated rings. The Labute approximate surface area is 143 Å². The third kappa shape index (κ3) is 2.04. The minimum Gasteiger partial charge on any atom is -0.507 e. The van der Waals surface area contributed by atoms with Crippen molar-refractivity contribution in [2.75, 3.05) is 7.11 Å². The van der Waals surface area contributed by atoms with Crippen molar-refractivity contribution < 1.29 is 39.2 Å². The number of hydrogen-bond donors (Lipinski definition) is 3. The van der Waals surface area contributed by atoms with Gasteiger partial charge in [-0.15, -0.1) is 0 Å². The smallest absolute Gasteiger partial charge is 0.317 e. The zero-order chi connectivity index (χ0) is 18.6. The summed E-state index contributed by atoms with van der Waals surface area (Å²) in [5.74, 6) is -3.31. The van der Waals surface area contributed by atoms with E-state index in [1.807, 2.05) is 0 Å². The Kier molecular flexibility index (Phi) is 3.85. The molecule has 3 rings (SSSR count). The van der Waals surface area contributed by atoms with Crippen molar-refractivity contribution in [1.29, 1.82) is 0 Å². The van der Waals surface area contributed by atoms with Crippen LogP contribution >= 0.6 is 0 Å². The lowest BCUT2D eigenvalue weighted by Crippen LogP contribution is -2.68. The molecule has 1 aromatic carbocycles. The maximum absolute atomic E-state index is 12.8. The van der Waals surface area contributed by atoms with Crippen LogP contribution in [-0.4, -0.2) is 58.0 Å². The van der Waals surface area contributed by atoms with Gasteiger partial charge in [-0.2, -0.15) is 0 Å². The molecular formula is C17H18O8. The van der Waals surface area contributed by atoms with E-state index in [9.17, 15) is 29.7 Å². The molecule has 8 nitrogen and oxygen atoms in total. The predicted molar refractivity (Wildman–Crippen MR) is 82.3 cm³/mol. The van der Waals surface area contributed by atoms with Gasteiger partial charge in [0.15, 0.2) is 5.60 Å². The summed E-state index contributed by atoms with van der Waals surface area (Å²) in [5, 5.41) is 31.2. The summed E-state index contributed by atoms with van der Waals surface area (Å²) in [6.07, 6.45) is -2.58. The molecule has 1 saturated heterocycles. The average Bonchev–Trinajstić information content (AvgIpc) is 2.76. The van der Waals surface area contributed by atoms with Gasteiger partial charge in [0.2, 0.25) is 5.78 Å². The number of aliphatic carboxylic acids is 1. The topological polar surface area (TPSA) is 130 Å². The molecule has 1 aliphatic carbocycles. The average molecular weight is 350 g/mol. The largest absolute Gasteiger partial charge is 0.507 e. The van der Waals surface area contributed by atoms with Crippen LogP contribution in [0.5, 0.6) is 5.75 Å². The molecular weight excluding hydrogens is 332 g/mol. The van der Waals surface area contributed by atoms with Gasteiger partial charge < -0.3 is 24.8 Å². The molecule has 1 heterocycles. The number of carbonyl (C=O) groups excluding carboxylic acids is 2. The van der Waals surface area contributed by atoms with Gasteiger partial charge in [0.05, 0.1) is 31.3 Å². The van der Waals surface area contributed by atoms with Crippen LogP contribution in [0.3, 0.4) is 0 Å². The van der Waals surface area contributed by atoms with E-state index in [-0.39, 0.29) is 24.0 Å². The number of Topliss-reactive ketones (excluding diaryl/α,β-unsaturated/α-hetero) is 1. The first kappa shape index (κ1) is 17.4. The fourth-order valence-corrected chi connectivity index (χ4v) is 4.05. The van der Waals surface area contributed by atoms with Crippen LogP contribution in [-0.2, 0) is 24.5 Å². The van der Waals surface area contributed by atoms with E-state index in [1.165, 1.54) is 32.2 Å². The monoisotopic (exact) mass is 350 g/mol. The van der Waals surface area contributed by atoms with Crippen LogP contribution in [0.1, 0.15) is 35.7 Å². The van der Waals surface area contributed by atoms with Crippen molar-refractivity contribution in [2.45, 2.75) is 43.0 Å². The fourth-order valence-electron chi connectivity index (χ4n) is 4.05. The number of phenols is 1. The number of ketones is 1. The molecule has 0 amide bonds. The maximum atomic E-state index is 12.8. The second kappa shape index (κ2) is 5.53. The molecule has 0 saturated carbocycles. The van der Waals surface area contributed by atoms with E-state index >= 15 is 0 Å². The van der Waals surface area contributed by atoms with Gasteiger partial charge in [-0.05, 0) is 25.0 Å². The number of fused-ring (bicyclic) bond motifs is 3. The van der Waals surface area contributed by atoms with E-state index in [0.29, 0.717) is 0 Å². The van der Waals surface area contributed by atoms with E-state index < -0.39 is 46.7 Å². The Morgan fingerprint density at radius 2 is 2.08 bits per heavy atom. The van der Waals surface area contributed by atoms with Gasteiger partial charge in [-0.25, -0.2) is 0 Å². The maximum Gasteiger partial charge on any atom is 0.317 e. The van der Waals surface area contributed by atoms with Crippen LogP contribution in [0.2, 0.25) is 0 Å². The fraction of sp³-hybridized carbons (Fsp3) is 0.471. The van der Waals surface area contributed by atoms with Crippen molar-refractivity contribution in [3.63, 3.8) is 0 Å². The minimum absolute atomic E-state index is 0.0255. The zero-order valence-electron chi connectivity index (χ0n) is 13.7. The van der Waals surface area contributed by atoms with Gasteiger partial charge in [-0.3, -0.25) is 14.4 Å². The van der Waals surface area contributed by atoms with Crippen molar-refractivity contribution >= 4 is 17.7 Å². The number of rotatable bonds is 3. The Morgan fingerprint density at radius 3 is 2.68 bits per heavy atom. The molecule has 0 bridgehead atoms. The number of carboxylic acids is 1. The molecule has 2 aliphatic rings. The molecule has 1 aliphatic heterocycles. The number of methoxy groups -OCH3 is 1. The van der Waals surface area contributed by atoms with E-state index in [0.717, 1.165) is 0 Å². The lowest BCUT2D eigenvalue weighted by molar-refractivity contribution is -0.202. The van der Waals surface area contributed by atoms with Crippen molar-refractivity contribution in [1.82, 2.24) is 0 Å². The first-order chi connectivity index (χ1) is 11.7. The van der Waals surface area contributed by atoms with Gasteiger partial charge >= 0.3 is 11.9 Å². The second-order valence-corrected chi connectivity index (χ2v) is 6.39. The van der Waals surface area contributed by atoms with E-state index in [4.69, 9.17) is 4.74 Å². The minimum atomic E-state index is -2.38. The highest BCUT2D eigenvalue weighted by atomic mass is 16.5. The molecule has 1 aromatic rings. The van der Waals surface area contributed by atoms with Gasteiger partial charge in [0.1, 0.15) is 11.2 Å². The molecule has 0 radical (unpaired) electrons. The molecule has 8 heteroatoms. The highest BCUT2D eigenvalue weighted by molar-refractivity contribution is 6.16. The quantitative estimate of drug-likeness (QED) is 0.667. The third-order valence-electron chi connectivity index (χ3n) is 5.23. The summed E-state index contributed by atoms with van der Waals surface area (Å²) >= 11 is 0. The van der Waals surface area contributed by atoms with Crippen LogP contribution in [0.25, 0.3) is 0 Å². The van der Waals surface area contributed by atoms with Gasteiger partial charge in [0, 0.05) is 0 Å². The van der Waals surface area contributed by atoms with Crippen LogP contribution < -0.4 is 0 Å². The zero-order valence-corrected chi connectivity index (χ0v) is 13.7. The summed E-state index contributed by atoms with van der Waals surface area (Å²) in [4.78, 5) is 36.7. The SMILES string of the molecule is COC(=O)C[C@H]1CC2(C(=O)O)c3cccc(O)c3C(=O)C2(O)[C@@H](C)O1. The summed E-state index contributed by atoms with van der Waals surface area (Å²) in [7, 11) is 1.20. The number of esters is 1. The van der Waals surface area contributed by atoms with Crippen molar-refractivity contribution in [3.05, 3.63) is 29.3 Å². The van der Waals surface area contributed by atoms with Gasteiger partial charge in [-0.1, -0.05) is 12.1 Å². The Hall–Kier alpha value is -2.45. The number of benzene rings is 1. The molecule has 2 unspecified atom stereocenters. The number of aliphatic hydroxyl groups is 1. The highest BCUT2D eigenvalue weighted by Gasteiger charge is 2.73. The number of carbonyl (C=O) groups is 3. The summed E-state index contributed by atoms with van der Waals surface area (Å²) in [5.41, 5.74) is -4.60. The molecule has 0 aromatic heterocycles. The van der Waals surface area contributed by atoms with E-state index in [2.05, 4.69) is 4.74 Å². The Morgan fingerprint density at radius 1 is 1.40 bits per heavy atom. The lowest BCUT2D eigenvalue weighted by atomic mass is 9.63. The third-order valence-corrected chi connectivity index (χ3v) is 5.23. The predicted octanol–water partition coefficient (Wildman–Crippen LogP) is 0.383. The molecule has 25 heavy (non-hydrogen) atoms. The van der Waals surface area contributed by atoms with E-state index in [1.54, 1.807) is 0 Å². The molecule has 0 spiro atoms. The molecule has 134 valence electrons.